The first-order valence-corrected chi connectivity index (χ1v) is 6.74. The minimum Gasteiger partial charge on any atom is -0.378 e. The van der Waals surface area contributed by atoms with Gasteiger partial charge in [-0.1, -0.05) is 13.8 Å². The van der Waals surface area contributed by atoms with Gasteiger partial charge in [0, 0.05) is 6.61 Å². The van der Waals surface area contributed by atoms with Gasteiger partial charge >= 0.3 is 0 Å². The van der Waals surface area contributed by atoms with Gasteiger partial charge in [0.1, 0.15) is 0 Å². The maximum Gasteiger partial charge on any atom is 0.0588 e. The predicted octanol–water partition coefficient (Wildman–Crippen LogP) is 1.77. The Morgan fingerprint density at radius 1 is 1.44 bits per heavy atom. The number of nitrogens with one attached hydrogen (secondary N) is 1. The van der Waals surface area contributed by atoms with Crippen LogP contribution < -0.4 is 11.1 Å². The molecule has 1 heterocycles. The van der Waals surface area contributed by atoms with Crippen LogP contribution in [0.2, 0.25) is 0 Å². The Hall–Kier alpha value is -0.120. The Labute approximate surface area is 100 Å². The molecule has 1 rings (SSSR count). The first kappa shape index (κ1) is 13.9. The molecule has 1 aliphatic rings. The number of hydrogen-bond acceptors (Lipinski definition) is 3. The largest absolute Gasteiger partial charge is 0.378 e. The molecule has 0 saturated carbocycles. The molecule has 3 heteroatoms. The molecular formula is C13H28N2O. The van der Waals surface area contributed by atoms with E-state index in [0.717, 1.165) is 38.6 Å². The zero-order valence-electron chi connectivity index (χ0n) is 10.9. The molecule has 3 nitrogen and oxygen atoms in total. The fourth-order valence-electron chi connectivity index (χ4n) is 2.37. The third kappa shape index (κ3) is 5.83. The van der Waals surface area contributed by atoms with Gasteiger partial charge in [-0.2, -0.15) is 0 Å². The van der Waals surface area contributed by atoms with Gasteiger partial charge in [0.15, 0.2) is 0 Å². The quantitative estimate of drug-likeness (QED) is 0.622. The summed E-state index contributed by atoms with van der Waals surface area (Å²) in [4.78, 5) is 0. The topological polar surface area (TPSA) is 47.3 Å². The van der Waals surface area contributed by atoms with Crippen LogP contribution in [-0.4, -0.2) is 32.3 Å². The lowest BCUT2D eigenvalue weighted by Gasteiger charge is -2.18. The van der Waals surface area contributed by atoms with E-state index in [9.17, 15) is 0 Å². The van der Waals surface area contributed by atoms with Gasteiger partial charge < -0.3 is 15.8 Å². The van der Waals surface area contributed by atoms with Gasteiger partial charge in [-0.15, -0.1) is 0 Å². The van der Waals surface area contributed by atoms with Crippen molar-refractivity contribution in [3.63, 3.8) is 0 Å². The first-order valence-electron chi connectivity index (χ1n) is 6.74. The van der Waals surface area contributed by atoms with Crippen LogP contribution in [0.1, 0.15) is 39.5 Å². The molecule has 2 atom stereocenters. The second kappa shape index (κ2) is 8.04. The lowest BCUT2D eigenvalue weighted by molar-refractivity contribution is 0.104. The highest BCUT2D eigenvalue weighted by Crippen LogP contribution is 2.14. The Balaban J connectivity index is 1.99. The number of rotatable bonds is 8. The molecular weight excluding hydrogens is 200 g/mol. The summed E-state index contributed by atoms with van der Waals surface area (Å²) in [6.45, 7) is 8.40. The second-order valence-electron chi connectivity index (χ2n) is 5.36. The van der Waals surface area contributed by atoms with Gasteiger partial charge in [-0.05, 0) is 57.2 Å². The molecule has 2 unspecified atom stereocenters. The Morgan fingerprint density at radius 3 is 2.81 bits per heavy atom. The molecule has 0 spiro atoms. The first-order chi connectivity index (χ1) is 7.72. The molecule has 1 aliphatic heterocycles. The van der Waals surface area contributed by atoms with Gasteiger partial charge in [0.05, 0.1) is 6.10 Å². The molecule has 0 bridgehead atoms. The Morgan fingerprint density at radius 2 is 2.25 bits per heavy atom. The lowest BCUT2D eigenvalue weighted by Crippen LogP contribution is -2.31. The molecule has 16 heavy (non-hydrogen) atoms. The second-order valence-corrected chi connectivity index (χ2v) is 5.36. The van der Waals surface area contributed by atoms with E-state index >= 15 is 0 Å². The predicted molar refractivity (Wildman–Crippen MR) is 68.5 cm³/mol. The molecule has 0 amide bonds. The standard InChI is InChI=1S/C13H28N2O/c1-11(2)8-12(9-14)10-15-6-5-13-4-3-7-16-13/h11-13,15H,3-10,14H2,1-2H3. The van der Waals surface area contributed by atoms with Crippen molar-refractivity contribution < 1.29 is 4.74 Å². The zero-order chi connectivity index (χ0) is 11.8. The van der Waals surface area contributed by atoms with Crippen LogP contribution in [-0.2, 0) is 4.74 Å². The molecule has 0 aromatic heterocycles. The zero-order valence-corrected chi connectivity index (χ0v) is 10.9. The fraction of sp³-hybridized carbons (Fsp3) is 1.00. The Kier molecular flexibility index (Phi) is 7.01. The summed E-state index contributed by atoms with van der Waals surface area (Å²) in [6, 6.07) is 0. The average Bonchev–Trinajstić information content (AvgIpc) is 2.74. The van der Waals surface area contributed by atoms with Gasteiger partial charge in [-0.25, -0.2) is 0 Å². The van der Waals surface area contributed by atoms with E-state index < -0.39 is 0 Å². The monoisotopic (exact) mass is 228 g/mol. The van der Waals surface area contributed by atoms with E-state index in [4.69, 9.17) is 10.5 Å². The van der Waals surface area contributed by atoms with Crippen molar-refractivity contribution in [3.05, 3.63) is 0 Å². The maximum absolute atomic E-state index is 5.76. The van der Waals surface area contributed by atoms with Crippen LogP contribution in [0.3, 0.4) is 0 Å². The van der Waals surface area contributed by atoms with Crippen LogP contribution in [0, 0.1) is 11.8 Å². The third-order valence-corrected chi connectivity index (χ3v) is 3.24. The average molecular weight is 228 g/mol. The lowest BCUT2D eigenvalue weighted by atomic mass is 9.97. The highest BCUT2D eigenvalue weighted by Gasteiger charge is 2.15. The molecule has 0 radical (unpaired) electrons. The number of nitrogens with two attached hydrogens (primary N) is 1. The summed E-state index contributed by atoms with van der Waals surface area (Å²) in [5.41, 5.74) is 5.76. The van der Waals surface area contributed by atoms with E-state index in [1.54, 1.807) is 0 Å². The molecule has 0 aromatic rings. The van der Waals surface area contributed by atoms with Gasteiger partial charge in [-0.3, -0.25) is 0 Å². The van der Waals surface area contributed by atoms with Crippen molar-refractivity contribution in [1.82, 2.24) is 5.32 Å². The molecule has 0 aliphatic carbocycles. The van der Waals surface area contributed by atoms with E-state index in [1.165, 1.54) is 19.3 Å². The highest BCUT2D eigenvalue weighted by atomic mass is 16.5. The van der Waals surface area contributed by atoms with Crippen molar-refractivity contribution >= 4 is 0 Å². The summed E-state index contributed by atoms with van der Waals surface area (Å²) >= 11 is 0. The summed E-state index contributed by atoms with van der Waals surface area (Å²) in [5, 5.41) is 3.51. The third-order valence-electron chi connectivity index (χ3n) is 3.24. The molecule has 1 saturated heterocycles. The van der Waals surface area contributed by atoms with Gasteiger partial charge in [0.2, 0.25) is 0 Å². The van der Waals surface area contributed by atoms with Crippen molar-refractivity contribution in [3.8, 4) is 0 Å². The van der Waals surface area contributed by atoms with Crippen LogP contribution in [0.4, 0.5) is 0 Å². The minimum absolute atomic E-state index is 0.508. The normalized spacial score (nSPS) is 22.9. The summed E-state index contributed by atoms with van der Waals surface area (Å²) in [7, 11) is 0. The Bertz CT molecular complexity index is 167. The molecule has 96 valence electrons. The number of ether oxygens (including phenoxy) is 1. The van der Waals surface area contributed by atoms with Crippen LogP contribution in [0.5, 0.6) is 0 Å². The number of hydrogen-bond donors (Lipinski definition) is 2. The van der Waals surface area contributed by atoms with Crippen molar-refractivity contribution in [2.45, 2.75) is 45.6 Å². The van der Waals surface area contributed by atoms with Crippen LogP contribution in [0.25, 0.3) is 0 Å². The smallest absolute Gasteiger partial charge is 0.0588 e. The van der Waals surface area contributed by atoms with E-state index in [1.807, 2.05) is 0 Å². The maximum atomic E-state index is 5.76. The van der Waals surface area contributed by atoms with Crippen LogP contribution >= 0.6 is 0 Å². The van der Waals surface area contributed by atoms with Gasteiger partial charge in [0.25, 0.3) is 0 Å². The summed E-state index contributed by atoms with van der Waals surface area (Å²) < 4.78 is 5.59. The van der Waals surface area contributed by atoms with Crippen molar-refractivity contribution in [2.75, 3.05) is 26.2 Å². The van der Waals surface area contributed by atoms with E-state index in [0.29, 0.717) is 12.0 Å². The van der Waals surface area contributed by atoms with Crippen molar-refractivity contribution in [1.29, 1.82) is 0 Å². The van der Waals surface area contributed by atoms with E-state index in [2.05, 4.69) is 19.2 Å². The molecule has 0 aromatic carbocycles. The highest BCUT2D eigenvalue weighted by molar-refractivity contribution is 4.69. The minimum atomic E-state index is 0.508. The summed E-state index contributed by atoms with van der Waals surface area (Å²) in [5.74, 6) is 1.37. The molecule has 3 N–H and O–H groups in total. The van der Waals surface area contributed by atoms with E-state index in [-0.39, 0.29) is 0 Å². The summed E-state index contributed by atoms with van der Waals surface area (Å²) in [6.07, 6.45) is 5.37. The van der Waals surface area contributed by atoms with Crippen molar-refractivity contribution in [2.24, 2.45) is 17.6 Å². The van der Waals surface area contributed by atoms with Crippen LogP contribution in [0.15, 0.2) is 0 Å². The fourth-order valence-corrected chi connectivity index (χ4v) is 2.37. The molecule has 1 fully saturated rings. The SMILES string of the molecule is CC(C)CC(CN)CNCCC1CCCO1.